The molecule has 12 heavy (non-hydrogen) atoms. The Labute approximate surface area is 71.1 Å². The van der Waals surface area contributed by atoms with Crippen LogP contribution in [0.4, 0.5) is 0 Å². The van der Waals surface area contributed by atoms with Crippen molar-refractivity contribution >= 4 is 0 Å². The van der Waals surface area contributed by atoms with Crippen molar-refractivity contribution < 1.29 is 19.7 Å². The number of hydrogen-bond acceptors (Lipinski definition) is 4. The summed E-state index contributed by atoms with van der Waals surface area (Å²) in [4.78, 5) is 0. The fourth-order valence-corrected chi connectivity index (χ4v) is 1.92. The normalized spacial score (nSPS) is 52.8. The molecule has 3 rings (SSSR count). The minimum absolute atomic E-state index is 0.00609. The molecule has 70 valence electrons. The Morgan fingerprint density at radius 3 is 2.75 bits per heavy atom. The Morgan fingerprint density at radius 1 is 1.58 bits per heavy atom. The summed E-state index contributed by atoms with van der Waals surface area (Å²) < 4.78 is 10.9. The summed E-state index contributed by atoms with van der Waals surface area (Å²) in [6.45, 7) is 2.03. The zero-order valence-electron chi connectivity index (χ0n) is 7.06. The van der Waals surface area contributed by atoms with Gasteiger partial charge in [-0.25, -0.2) is 0 Å². The molecule has 0 radical (unpaired) electrons. The van der Waals surface area contributed by atoms with Crippen molar-refractivity contribution in [2.45, 2.75) is 37.3 Å². The first kappa shape index (κ1) is 8.44. The monoisotopic (exact) mass is 174 g/mol. The van der Waals surface area contributed by atoms with Crippen LogP contribution in [0.25, 0.3) is 0 Å². The maximum Gasteiger partial charge on any atom is 0.141 e. The Balaban J connectivity index is 2.20. The summed E-state index contributed by atoms with van der Waals surface area (Å²) in [5.41, 5.74) is -0.853. The van der Waals surface area contributed by atoms with Gasteiger partial charge < -0.3 is 19.7 Å². The van der Waals surface area contributed by atoms with Gasteiger partial charge in [-0.15, -0.1) is 0 Å². The van der Waals surface area contributed by atoms with E-state index in [4.69, 9.17) is 14.6 Å². The smallest absolute Gasteiger partial charge is 0.141 e. The van der Waals surface area contributed by atoms with Gasteiger partial charge in [0.05, 0.1) is 31.5 Å². The number of rotatable bonds is 1. The second-order valence-corrected chi connectivity index (χ2v) is 3.65. The van der Waals surface area contributed by atoms with Crippen LogP contribution in [0.1, 0.15) is 13.3 Å². The Hall–Kier alpha value is -0.160. The first-order valence-electron chi connectivity index (χ1n) is 4.26. The number of fused-ring (bicyclic) bond motifs is 3. The van der Waals surface area contributed by atoms with E-state index < -0.39 is 11.7 Å². The third kappa shape index (κ3) is 0.992. The van der Waals surface area contributed by atoms with Gasteiger partial charge in [-0.05, 0) is 6.92 Å². The highest BCUT2D eigenvalue weighted by atomic mass is 16.6. The van der Waals surface area contributed by atoms with Crippen LogP contribution in [-0.2, 0) is 9.47 Å². The summed E-state index contributed by atoms with van der Waals surface area (Å²) >= 11 is 0. The molecule has 0 spiro atoms. The van der Waals surface area contributed by atoms with Gasteiger partial charge in [0.1, 0.15) is 5.60 Å². The average molecular weight is 174 g/mol. The van der Waals surface area contributed by atoms with E-state index >= 15 is 0 Å². The fourth-order valence-electron chi connectivity index (χ4n) is 1.92. The SMILES string of the molecule is CC1OC2(CO)COC1CC2O. The van der Waals surface area contributed by atoms with E-state index in [2.05, 4.69) is 0 Å². The summed E-state index contributed by atoms with van der Waals surface area (Å²) in [6.07, 6.45) is -0.0398. The standard InChI is InChI=1S/C8H14O4/c1-5-6-2-7(10)8(3-9,12-5)4-11-6/h5-7,9-10H,2-4H2,1H3. The van der Waals surface area contributed by atoms with E-state index in [1.807, 2.05) is 6.92 Å². The first-order chi connectivity index (χ1) is 5.68. The lowest BCUT2D eigenvalue weighted by molar-refractivity contribution is -0.311. The van der Waals surface area contributed by atoms with E-state index in [1.54, 1.807) is 0 Å². The molecule has 0 aromatic carbocycles. The second kappa shape index (κ2) is 2.67. The van der Waals surface area contributed by atoms with Gasteiger partial charge >= 0.3 is 0 Å². The lowest BCUT2D eigenvalue weighted by atomic mass is 9.85. The lowest BCUT2D eigenvalue weighted by Crippen LogP contribution is -2.66. The molecule has 3 fully saturated rings. The third-order valence-corrected chi connectivity index (χ3v) is 2.82. The zero-order chi connectivity index (χ0) is 8.77. The maximum atomic E-state index is 9.60. The Kier molecular flexibility index (Phi) is 1.88. The van der Waals surface area contributed by atoms with Crippen molar-refractivity contribution in [3.63, 3.8) is 0 Å². The predicted molar refractivity (Wildman–Crippen MR) is 40.7 cm³/mol. The van der Waals surface area contributed by atoms with Crippen molar-refractivity contribution in [3.8, 4) is 0 Å². The van der Waals surface area contributed by atoms with Crippen LogP contribution in [0.15, 0.2) is 0 Å². The molecule has 2 bridgehead atoms. The Morgan fingerprint density at radius 2 is 2.33 bits per heavy atom. The van der Waals surface area contributed by atoms with Crippen LogP contribution in [0, 0.1) is 0 Å². The van der Waals surface area contributed by atoms with Crippen molar-refractivity contribution in [1.29, 1.82) is 0 Å². The van der Waals surface area contributed by atoms with Gasteiger partial charge in [0.25, 0.3) is 0 Å². The summed E-state index contributed by atoms with van der Waals surface area (Å²) in [6, 6.07) is 0. The van der Waals surface area contributed by atoms with E-state index in [1.165, 1.54) is 0 Å². The van der Waals surface area contributed by atoms with Crippen LogP contribution in [0.5, 0.6) is 0 Å². The highest BCUT2D eigenvalue weighted by Crippen LogP contribution is 2.36. The predicted octanol–water partition coefficient (Wildman–Crippen LogP) is -0.714. The topological polar surface area (TPSA) is 58.9 Å². The molecule has 0 saturated carbocycles. The largest absolute Gasteiger partial charge is 0.393 e. The molecule has 2 N–H and O–H groups in total. The molecule has 4 nitrogen and oxygen atoms in total. The van der Waals surface area contributed by atoms with Crippen molar-refractivity contribution in [2.75, 3.05) is 13.2 Å². The number of ether oxygens (including phenoxy) is 2. The molecule has 0 aromatic heterocycles. The summed E-state index contributed by atoms with van der Waals surface area (Å²) in [5, 5.41) is 18.7. The minimum Gasteiger partial charge on any atom is -0.393 e. The van der Waals surface area contributed by atoms with E-state index in [-0.39, 0.29) is 18.8 Å². The van der Waals surface area contributed by atoms with Crippen LogP contribution >= 0.6 is 0 Å². The van der Waals surface area contributed by atoms with Crippen molar-refractivity contribution in [1.82, 2.24) is 0 Å². The Bertz CT molecular complexity index is 184. The molecule has 3 heterocycles. The molecule has 0 aromatic rings. The molecule has 4 unspecified atom stereocenters. The molecule has 0 aliphatic carbocycles. The van der Waals surface area contributed by atoms with Gasteiger partial charge in [-0.3, -0.25) is 0 Å². The number of aliphatic hydroxyl groups excluding tert-OH is 2. The van der Waals surface area contributed by atoms with Gasteiger partial charge in [0.15, 0.2) is 0 Å². The quantitative estimate of drug-likeness (QED) is 0.551. The highest BCUT2D eigenvalue weighted by Gasteiger charge is 2.52. The highest BCUT2D eigenvalue weighted by molar-refractivity contribution is 5.00. The molecule has 3 aliphatic rings. The number of aliphatic hydroxyl groups is 2. The fraction of sp³-hybridized carbons (Fsp3) is 1.00. The number of hydrogen-bond donors (Lipinski definition) is 2. The maximum absolute atomic E-state index is 9.60. The van der Waals surface area contributed by atoms with E-state index in [9.17, 15) is 5.11 Å². The summed E-state index contributed by atoms with van der Waals surface area (Å²) in [5.74, 6) is 0. The minimum atomic E-state index is -0.853. The van der Waals surface area contributed by atoms with Gasteiger partial charge in [-0.1, -0.05) is 0 Å². The van der Waals surface area contributed by atoms with Crippen LogP contribution in [-0.4, -0.2) is 47.3 Å². The lowest BCUT2D eigenvalue weighted by Gasteiger charge is -2.51. The van der Waals surface area contributed by atoms with Crippen LogP contribution in [0.2, 0.25) is 0 Å². The van der Waals surface area contributed by atoms with E-state index in [0.717, 1.165) is 0 Å². The van der Waals surface area contributed by atoms with Gasteiger partial charge in [-0.2, -0.15) is 0 Å². The molecular weight excluding hydrogens is 160 g/mol. The van der Waals surface area contributed by atoms with Crippen LogP contribution < -0.4 is 0 Å². The van der Waals surface area contributed by atoms with E-state index in [0.29, 0.717) is 13.0 Å². The average Bonchev–Trinajstić information content (AvgIpc) is 2.08. The molecule has 3 aliphatic heterocycles. The molecule has 3 saturated heterocycles. The third-order valence-electron chi connectivity index (χ3n) is 2.82. The first-order valence-corrected chi connectivity index (χ1v) is 4.26. The molecular formula is C8H14O4. The molecule has 4 atom stereocenters. The van der Waals surface area contributed by atoms with Gasteiger partial charge in [0.2, 0.25) is 0 Å². The van der Waals surface area contributed by atoms with Crippen molar-refractivity contribution in [3.05, 3.63) is 0 Å². The molecule has 0 amide bonds. The molecule has 4 heteroatoms. The second-order valence-electron chi connectivity index (χ2n) is 3.65. The van der Waals surface area contributed by atoms with Gasteiger partial charge in [0, 0.05) is 6.42 Å². The van der Waals surface area contributed by atoms with Crippen molar-refractivity contribution in [2.24, 2.45) is 0 Å². The summed E-state index contributed by atoms with van der Waals surface area (Å²) in [7, 11) is 0. The zero-order valence-corrected chi connectivity index (χ0v) is 7.06. The van der Waals surface area contributed by atoms with Crippen LogP contribution in [0.3, 0.4) is 0 Å².